The molecule has 0 radical (unpaired) electrons. The summed E-state index contributed by atoms with van der Waals surface area (Å²) in [5.74, 6) is 1.76. The number of aliphatic hydroxyl groups is 2. The van der Waals surface area contributed by atoms with Gasteiger partial charge in [0.05, 0.1) is 25.3 Å². The Kier molecular flexibility index (Phi) is 7.18. The third kappa shape index (κ3) is 5.14. The minimum Gasteiger partial charge on any atom is -0.505 e. The maximum absolute atomic E-state index is 13.5. The largest absolute Gasteiger partial charge is 0.505 e. The highest BCUT2D eigenvalue weighted by atomic mass is 32.2. The molecule has 1 saturated heterocycles. The molecule has 4 N–H and O–H groups in total. The number of hydrogen-bond donors (Lipinski definition) is 4. The molecular weight excluding hydrogens is 449 g/mol. The van der Waals surface area contributed by atoms with Crippen molar-refractivity contribution in [2.75, 3.05) is 37.1 Å². The Bertz CT molecular complexity index is 1150. The summed E-state index contributed by atoms with van der Waals surface area (Å²) in [4.78, 5) is 9.24. The number of benzene rings is 2. The van der Waals surface area contributed by atoms with E-state index in [1.807, 2.05) is 19.1 Å². The van der Waals surface area contributed by atoms with Crippen LogP contribution in [0.25, 0.3) is 22.3 Å². The first-order chi connectivity index (χ1) is 15.9. The molecule has 1 aliphatic heterocycles. The highest BCUT2D eigenvalue weighted by Gasteiger charge is 2.34. The van der Waals surface area contributed by atoms with Gasteiger partial charge in [0.2, 0.25) is 0 Å². The number of phenols is 1. The lowest BCUT2D eigenvalue weighted by molar-refractivity contribution is 0.0337. The van der Waals surface area contributed by atoms with Crippen LogP contribution in [0.4, 0.5) is 10.2 Å². The first-order valence-corrected chi connectivity index (χ1v) is 11.7. The zero-order valence-corrected chi connectivity index (χ0v) is 19.1. The molecule has 8 nitrogen and oxygen atoms in total. The van der Waals surface area contributed by atoms with Gasteiger partial charge in [-0.1, -0.05) is 0 Å². The number of ether oxygens (including phenoxy) is 2. The van der Waals surface area contributed by atoms with Crippen LogP contribution in [0, 0.1) is 12.7 Å². The average Bonchev–Trinajstić information content (AvgIpc) is 3.12. The van der Waals surface area contributed by atoms with Gasteiger partial charge in [0.1, 0.15) is 23.8 Å². The zero-order chi connectivity index (χ0) is 23.5. The fourth-order valence-electron chi connectivity index (χ4n) is 3.65. The number of rotatable bonds is 8. The molecule has 2 heterocycles. The van der Waals surface area contributed by atoms with Crippen LogP contribution in [0.3, 0.4) is 0 Å². The number of thioether (sulfide) groups is 1. The number of methoxy groups -OCH3 is 1. The lowest BCUT2D eigenvalue weighted by Gasteiger charge is -2.15. The Morgan fingerprint density at radius 3 is 2.76 bits per heavy atom. The van der Waals surface area contributed by atoms with E-state index in [2.05, 4.69) is 15.3 Å². The lowest BCUT2D eigenvalue weighted by atomic mass is 10.1. The molecule has 3 aromatic rings. The summed E-state index contributed by atoms with van der Waals surface area (Å²) >= 11 is 1.59. The van der Waals surface area contributed by atoms with Gasteiger partial charge in [-0.05, 0) is 42.8 Å². The first kappa shape index (κ1) is 23.5. The maximum Gasteiger partial charge on any atom is 0.164 e. The quantitative estimate of drug-likeness (QED) is 0.365. The van der Waals surface area contributed by atoms with Gasteiger partial charge < -0.3 is 30.1 Å². The van der Waals surface area contributed by atoms with E-state index in [0.717, 1.165) is 10.9 Å². The van der Waals surface area contributed by atoms with Gasteiger partial charge in [0, 0.05) is 29.0 Å². The van der Waals surface area contributed by atoms with Crippen molar-refractivity contribution in [1.82, 2.24) is 9.97 Å². The van der Waals surface area contributed by atoms with Crippen molar-refractivity contribution >= 4 is 28.5 Å². The number of nitrogens with one attached hydrogen (secondary N) is 1. The van der Waals surface area contributed by atoms with E-state index in [1.54, 1.807) is 18.9 Å². The van der Waals surface area contributed by atoms with Crippen molar-refractivity contribution in [3.63, 3.8) is 0 Å². The van der Waals surface area contributed by atoms with Gasteiger partial charge in [-0.2, -0.15) is 11.8 Å². The molecule has 1 fully saturated rings. The van der Waals surface area contributed by atoms with E-state index in [9.17, 15) is 19.7 Å². The molecule has 0 saturated carbocycles. The number of fused-ring (bicyclic) bond motifs is 1. The van der Waals surface area contributed by atoms with E-state index in [1.165, 1.54) is 18.2 Å². The summed E-state index contributed by atoms with van der Waals surface area (Å²) in [7, 11) is 1.60. The first-order valence-electron chi connectivity index (χ1n) is 10.5. The van der Waals surface area contributed by atoms with Crippen LogP contribution in [0.5, 0.6) is 11.5 Å². The second kappa shape index (κ2) is 10.1. The third-order valence-electron chi connectivity index (χ3n) is 5.49. The average molecular weight is 476 g/mol. The molecule has 4 rings (SSSR count). The lowest BCUT2D eigenvalue weighted by Crippen LogP contribution is -2.31. The summed E-state index contributed by atoms with van der Waals surface area (Å²) in [6.07, 6.45) is -2.07. The number of aliphatic hydroxyl groups excluding tert-OH is 2. The highest BCUT2D eigenvalue weighted by Crippen LogP contribution is 2.32. The van der Waals surface area contributed by atoms with Crippen LogP contribution in [-0.4, -0.2) is 75.4 Å². The van der Waals surface area contributed by atoms with Gasteiger partial charge in [-0.3, -0.25) is 0 Å². The molecule has 1 aromatic heterocycles. The number of aryl methyl sites for hydroxylation is 1. The molecule has 3 atom stereocenters. The molecule has 0 aliphatic carbocycles. The predicted octanol–water partition coefficient (Wildman–Crippen LogP) is 2.72. The molecule has 2 aromatic carbocycles. The molecular formula is C23H26FN3O5S. The standard InChI is InChI=1S/C23H26FN3O5S/c1-12-7-16-14(9-19(12)31-2)23(25-5-6-33-11-20-21(30)18(29)10-32-20)27-22(26-16)13-3-4-15(24)17(28)8-13/h3-4,7-9,18,20-21,28-30H,5-6,10-11H2,1-2H3,(H,25,26,27)/t18-,20+,21-/m0/s1. The van der Waals surface area contributed by atoms with Gasteiger partial charge in [-0.25, -0.2) is 14.4 Å². The number of halogens is 1. The number of aromatic hydroxyl groups is 1. The SMILES string of the molecule is COc1cc2c(NCCSC[C@H]3OC[C@H](O)[C@@H]3O)nc(-c3ccc(F)c(O)c3)nc2cc1C. The van der Waals surface area contributed by atoms with Crippen LogP contribution in [0.2, 0.25) is 0 Å². The molecule has 33 heavy (non-hydrogen) atoms. The van der Waals surface area contributed by atoms with E-state index in [-0.39, 0.29) is 12.7 Å². The number of phenolic OH excluding ortho intramolecular Hbond substituents is 1. The molecule has 0 bridgehead atoms. The summed E-state index contributed by atoms with van der Waals surface area (Å²) in [6, 6.07) is 7.77. The Morgan fingerprint density at radius 2 is 2.06 bits per heavy atom. The fraction of sp³-hybridized carbons (Fsp3) is 0.391. The summed E-state index contributed by atoms with van der Waals surface area (Å²) in [5, 5.41) is 33.3. The Hall–Kier alpha value is -2.66. The minimum atomic E-state index is -0.860. The zero-order valence-electron chi connectivity index (χ0n) is 18.3. The van der Waals surface area contributed by atoms with Crippen LogP contribution >= 0.6 is 11.8 Å². The van der Waals surface area contributed by atoms with E-state index >= 15 is 0 Å². The van der Waals surface area contributed by atoms with Crippen molar-refractivity contribution < 1.29 is 29.2 Å². The highest BCUT2D eigenvalue weighted by molar-refractivity contribution is 7.99. The monoisotopic (exact) mass is 475 g/mol. The number of anilines is 1. The van der Waals surface area contributed by atoms with E-state index in [0.29, 0.717) is 46.5 Å². The maximum atomic E-state index is 13.5. The second-order valence-electron chi connectivity index (χ2n) is 7.83. The van der Waals surface area contributed by atoms with Crippen molar-refractivity contribution in [2.24, 2.45) is 0 Å². The van der Waals surface area contributed by atoms with Crippen LogP contribution in [-0.2, 0) is 4.74 Å². The summed E-state index contributed by atoms with van der Waals surface area (Å²) < 4.78 is 24.4. The minimum absolute atomic E-state index is 0.153. The van der Waals surface area contributed by atoms with Gasteiger partial charge in [0.25, 0.3) is 0 Å². The molecule has 10 heteroatoms. The van der Waals surface area contributed by atoms with Crippen molar-refractivity contribution in [3.05, 3.63) is 41.7 Å². The molecule has 1 aliphatic rings. The van der Waals surface area contributed by atoms with Crippen molar-refractivity contribution in [2.45, 2.75) is 25.2 Å². The number of hydrogen-bond acceptors (Lipinski definition) is 9. The number of nitrogens with zero attached hydrogens (tertiary/aromatic N) is 2. The van der Waals surface area contributed by atoms with Gasteiger partial charge in [-0.15, -0.1) is 0 Å². The summed E-state index contributed by atoms with van der Waals surface area (Å²) in [5.41, 5.74) is 2.09. The molecule has 0 amide bonds. The van der Waals surface area contributed by atoms with Crippen LogP contribution in [0.1, 0.15) is 5.56 Å². The summed E-state index contributed by atoms with van der Waals surface area (Å²) in [6.45, 7) is 2.65. The molecule has 176 valence electrons. The van der Waals surface area contributed by atoms with Gasteiger partial charge in [0.15, 0.2) is 17.4 Å². The van der Waals surface area contributed by atoms with Crippen LogP contribution in [0.15, 0.2) is 30.3 Å². The third-order valence-corrected chi connectivity index (χ3v) is 6.55. The van der Waals surface area contributed by atoms with Gasteiger partial charge >= 0.3 is 0 Å². The normalized spacial score (nSPS) is 20.3. The Labute approximate surface area is 194 Å². The fourth-order valence-corrected chi connectivity index (χ4v) is 4.59. The van der Waals surface area contributed by atoms with Crippen molar-refractivity contribution in [1.29, 1.82) is 0 Å². The smallest absolute Gasteiger partial charge is 0.164 e. The Morgan fingerprint density at radius 1 is 1.24 bits per heavy atom. The van der Waals surface area contributed by atoms with Crippen LogP contribution < -0.4 is 10.1 Å². The molecule has 0 unspecified atom stereocenters. The Balaban J connectivity index is 1.54. The molecule has 0 spiro atoms. The van der Waals surface area contributed by atoms with E-state index < -0.39 is 23.8 Å². The van der Waals surface area contributed by atoms with Crippen molar-refractivity contribution in [3.8, 4) is 22.9 Å². The predicted molar refractivity (Wildman–Crippen MR) is 125 cm³/mol. The van der Waals surface area contributed by atoms with E-state index in [4.69, 9.17) is 9.47 Å². The second-order valence-corrected chi connectivity index (χ2v) is 8.98. The topological polar surface area (TPSA) is 117 Å². The number of aromatic nitrogens is 2.